The molecule has 2 amide bonds. The van der Waals surface area contributed by atoms with E-state index in [9.17, 15) is 9.59 Å². The lowest BCUT2D eigenvalue weighted by molar-refractivity contribution is -0.130. The number of anilines is 1. The summed E-state index contributed by atoms with van der Waals surface area (Å²) in [7, 11) is 0. The third-order valence-electron chi connectivity index (χ3n) is 9.62. The standard InChI is InChI=1S/C30H37ClN2O4/c1-3-26(34)33(23-6-7-25(24(31)13-23)37-17-19-4-5-19)27(28(35)32-22-8-10-36-11-9-22)29(2)14-20-12-21-16-30(21,15-20)18-29/h1,6-7,13,19-22,27H,4-5,8-12,14-18H2,2H3,(H,32,35). The van der Waals surface area contributed by atoms with Gasteiger partial charge in [-0.25, -0.2) is 0 Å². The van der Waals surface area contributed by atoms with Gasteiger partial charge in [0.05, 0.1) is 11.6 Å². The Morgan fingerprint density at radius 1 is 1.24 bits per heavy atom. The van der Waals surface area contributed by atoms with Gasteiger partial charge in [-0.2, -0.15) is 0 Å². The van der Waals surface area contributed by atoms with Crippen LogP contribution in [0.5, 0.6) is 5.75 Å². The maximum absolute atomic E-state index is 14.2. The maximum Gasteiger partial charge on any atom is 0.303 e. The number of carbonyl (C=O) groups is 2. The first-order valence-corrected chi connectivity index (χ1v) is 14.3. The molecule has 1 aliphatic heterocycles. The highest BCUT2D eigenvalue weighted by Gasteiger charge is 2.67. The molecule has 4 aliphatic carbocycles. The Balaban J connectivity index is 1.34. The summed E-state index contributed by atoms with van der Waals surface area (Å²) in [5.41, 5.74) is 0.490. The van der Waals surface area contributed by atoms with Crippen LogP contribution in [-0.2, 0) is 14.3 Å². The number of halogens is 1. The Labute approximate surface area is 224 Å². The smallest absolute Gasteiger partial charge is 0.303 e. The molecule has 6 rings (SSSR count). The number of rotatable bonds is 8. The summed E-state index contributed by atoms with van der Waals surface area (Å²) in [4.78, 5) is 29.2. The van der Waals surface area contributed by atoms with Crippen LogP contribution < -0.4 is 15.0 Å². The molecule has 37 heavy (non-hydrogen) atoms. The van der Waals surface area contributed by atoms with Crippen LogP contribution in [0.1, 0.15) is 64.7 Å². The fourth-order valence-electron chi connectivity index (χ4n) is 7.83. The molecule has 6 nitrogen and oxygen atoms in total. The molecule has 5 aliphatic rings. The van der Waals surface area contributed by atoms with Crippen LogP contribution in [0.25, 0.3) is 0 Å². The zero-order chi connectivity index (χ0) is 25.8. The average Bonchev–Trinajstić information content (AvgIpc) is 3.78. The molecule has 2 bridgehead atoms. The number of benzene rings is 1. The quantitative estimate of drug-likeness (QED) is 0.487. The molecule has 1 aromatic rings. The minimum absolute atomic E-state index is 0.0316. The van der Waals surface area contributed by atoms with Crippen molar-refractivity contribution < 1.29 is 19.1 Å². The number of fused-ring (bicyclic) bond motifs is 1. The van der Waals surface area contributed by atoms with Crippen LogP contribution in [0.3, 0.4) is 0 Å². The van der Waals surface area contributed by atoms with E-state index >= 15 is 0 Å². The van der Waals surface area contributed by atoms with Crippen LogP contribution in [0, 0.1) is 40.9 Å². The van der Waals surface area contributed by atoms with E-state index in [-0.39, 0.29) is 17.4 Å². The van der Waals surface area contributed by atoms with Gasteiger partial charge in [0.2, 0.25) is 5.91 Å². The Morgan fingerprint density at radius 2 is 2.03 bits per heavy atom. The van der Waals surface area contributed by atoms with Crippen LogP contribution >= 0.6 is 11.6 Å². The molecule has 0 aromatic heterocycles. The second-order valence-electron chi connectivity index (χ2n) is 12.6. The van der Waals surface area contributed by atoms with E-state index < -0.39 is 11.9 Å². The molecule has 1 saturated heterocycles. The van der Waals surface area contributed by atoms with Gasteiger partial charge in [0.1, 0.15) is 11.8 Å². The fraction of sp³-hybridized carbons (Fsp3) is 0.667. The number of terminal acetylenes is 1. The van der Waals surface area contributed by atoms with E-state index in [0.29, 0.717) is 53.5 Å². The summed E-state index contributed by atoms with van der Waals surface area (Å²) in [6.07, 6.45) is 15.2. The third kappa shape index (κ3) is 4.86. The normalized spacial score (nSPS) is 33.1. The minimum atomic E-state index is -0.716. The zero-order valence-corrected chi connectivity index (χ0v) is 22.4. The third-order valence-corrected chi connectivity index (χ3v) is 9.92. The molecule has 5 fully saturated rings. The second kappa shape index (κ2) is 9.50. The van der Waals surface area contributed by atoms with Crippen LogP contribution in [0.4, 0.5) is 5.69 Å². The van der Waals surface area contributed by atoms with Crippen molar-refractivity contribution in [1.29, 1.82) is 0 Å². The highest BCUT2D eigenvalue weighted by molar-refractivity contribution is 6.32. The van der Waals surface area contributed by atoms with E-state index in [0.717, 1.165) is 31.6 Å². The first-order valence-electron chi connectivity index (χ1n) is 13.9. The van der Waals surface area contributed by atoms with Gasteiger partial charge in [0.15, 0.2) is 0 Å². The first-order chi connectivity index (χ1) is 17.8. The largest absolute Gasteiger partial charge is 0.492 e. The number of amides is 2. The van der Waals surface area contributed by atoms with Crippen LogP contribution in [-0.4, -0.2) is 43.7 Å². The Morgan fingerprint density at radius 3 is 2.70 bits per heavy atom. The Hall–Kier alpha value is -2.23. The van der Waals surface area contributed by atoms with Crippen molar-refractivity contribution in [1.82, 2.24) is 5.32 Å². The first kappa shape index (κ1) is 25.1. The molecule has 1 aromatic carbocycles. The lowest BCUT2D eigenvalue weighted by Crippen LogP contribution is -2.60. The van der Waals surface area contributed by atoms with Crippen molar-refractivity contribution in [3.05, 3.63) is 23.2 Å². The van der Waals surface area contributed by atoms with E-state index in [1.54, 1.807) is 17.0 Å². The highest BCUT2D eigenvalue weighted by atomic mass is 35.5. The van der Waals surface area contributed by atoms with Crippen molar-refractivity contribution in [3.63, 3.8) is 0 Å². The second-order valence-corrected chi connectivity index (χ2v) is 13.0. The molecule has 1 N–H and O–H groups in total. The molecule has 198 valence electrons. The lowest BCUT2D eigenvalue weighted by atomic mass is 9.63. The van der Waals surface area contributed by atoms with Crippen molar-refractivity contribution in [2.45, 2.75) is 76.8 Å². The van der Waals surface area contributed by atoms with Crippen LogP contribution in [0.2, 0.25) is 5.02 Å². The van der Waals surface area contributed by atoms with Gasteiger partial charge in [0.25, 0.3) is 0 Å². The minimum Gasteiger partial charge on any atom is -0.492 e. The van der Waals surface area contributed by atoms with Crippen molar-refractivity contribution in [2.24, 2.45) is 28.6 Å². The zero-order valence-electron chi connectivity index (χ0n) is 21.6. The number of hydrogen-bond acceptors (Lipinski definition) is 4. The van der Waals surface area contributed by atoms with Crippen molar-refractivity contribution in [3.8, 4) is 18.1 Å². The van der Waals surface area contributed by atoms with Gasteiger partial charge >= 0.3 is 5.91 Å². The molecule has 7 heteroatoms. The molecule has 1 heterocycles. The summed E-state index contributed by atoms with van der Waals surface area (Å²) in [5.74, 6) is 4.23. The predicted molar refractivity (Wildman–Crippen MR) is 142 cm³/mol. The predicted octanol–water partition coefficient (Wildman–Crippen LogP) is 4.98. The molecular weight excluding hydrogens is 488 g/mol. The van der Waals surface area contributed by atoms with Gasteiger partial charge in [-0.1, -0.05) is 18.5 Å². The van der Waals surface area contributed by atoms with Gasteiger partial charge in [-0.05, 0) is 110 Å². The van der Waals surface area contributed by atoms with Gasteiger partial charge in [0, 0.05) is 24.9 Å². The summed E-state index contributed by atoms with van der Waals surface area (Å²) < 4.78 is 11.4. The van der Waals surface area contributed by atoms with E-state index in [1.807, 2.05) is 6.07 Å². The van der Waals surface area contributed by atoms with E-state index in [4.69, 9.17) is 27.5 Å². The molecule has 1 spiro atoms. The van der Waals surface area contributed by atoms with Gasteiger partial charge in [-0.15, -0.1) is 6.42 Å². The van der Waals surface area contributed by atoms with E-state index in [2.05, 4.69) is 18.2 Å². The summed E-state index contributed by atoms with van der Waals surface area (Å²) in [5, 5.41) is 3.70. The monoisotopic (exact) mass is 524 g/mol. The SMILES string of the molecule is C#CC(=O)N(c1ccc(OCC2CC2)c(Cl)c1)C(C(=O)NC1CCOCC1)C1(C)CC2CC3CC3(C2)C1. The number of nitrogens with zero attached hydrogens (tertiary/aromatic N) is 1. The topological polar surface area (TPSA) is 67.9 Å². The number of hydrogen-bond donors (Lipinski definition) is 1. The summed E-state index contributed by atoms with van der Waals surface area (Å²) >= 11 is 6.64. The lowest BCUT2D eigenvalue weighted by Gasteiger charge is -2.48. The molecule has 0 radical (unpaired) electrons. The molecule has 4 saturated carbocycles. The molecular formula is C30H37ClN2O4. The van der Waals surface area contributed by atoms with Crippen molar-refractivity contribution >= 4 is 29.1 Å². The molecule has 5 unspecified atom stereocenters. The fourth-order valence-corrected chi connectivity index (χ4v) is 8.06. The Bertz CT molecular complexity index is 1120. The summed E-state index contributed by atoms with van der Waals surface area (Å²) in [6, 6.07) is 4.66. The number of nitrogens with one attached hydrogen (secondary N) is 1. The Kier molecular flexibility index (Phi) is 6.44. The van der Waals surface area contributed by atoms with Gasteiger partial charge in [-0.3, -0.25) is 14.5 Å². The van der Waals surface area contributed by atoms with Gasteiger partial charge < -0.3 is 14.8 Å². The molecule has 5 atom stereocenters. The summed E-state index contributed by atoms with van der Waals surface area (Å²) in [6.45, 7) is 4.10. The van der Waals surface area contributed by atoms with Crippen molar-refractivity contribution in [2.75, 3.05) is 24.7 Å². The highest BCUT2D eigenvalue weighted by Crippen LogP contribution is 2.74. The maximum atomic E-state index is 14.2. The van der Waals surface area contributed by atoms with E-state index in [1.165, 1.54) is 32.1 Å². The number of ether oxygens (including phenoxy) is 2. The average molecular weight is 525 g/mol. The number of carbonyl (C=O) groups excluding carboxylic acids is 2. The van der Waals surface area contributed by atoms with Crippen LogP contribution in [0.15, 0.2) is 18.2 Å².